The van der Waals surface area contributed by atoms with Crippen LogP contribution in [0, 0.1) is 0 Å². The van der Waals surface area contributed by atoms with Crippen LogP contribution in [-0.2, 0) is 0 Å². The molecule has 1 heterocycles. The van der Waals surface area contributed by atoms with Gasteiger partial charge in [0.05, 0.1) is 6.54 Å². The minimum absolute atomic E-state index is 0.0524. The molecular weight excluding hydrogens is 250 g/mol. The summed E-state index contributed by atoms with van der Waals surface area (Å²) in [4.78, 5) is 17.0. The zero-order valence-corrected chi connectivity index (χ0v) is 9.70. The van der Waals surface area contributed by atoms with Crippen molar-refractivity contribution in [1.29, 1.82) is 0 Å². The second-order valence-electron chi connectivity index (χ2n) is 3.95. The van der Waals surface area contributed by atoms with E-state index in [4.69, 9.17) is 11.6 Å². The number of hydrogen-bond donors (Lipinski definition) is 0. The highest BCUT2D eigenvalue weighted by Crippen LogP contribution is 2.29. The molecule has 17 heavy (non-hydrogen) atoms. The first-order chi connectivity index (χ1) is 8.08. The first-order valence-electron chi connectivity index (χ1n) is 5.28. The number of halogens is 3. The van der Waals surface area contributed by atoms with Crippen molar-refractivity contribution < 1.29 is 13.6 Å². The second-order valence-corrected chi connectivity index (χ2v) is 4.33. The van der Waals surface area contributed by atoms with E-state index in [1.165, 1.54) is 23.2 Å². The molecule has 0 saturated heterocycles. The Hall–Kier alpha value is -1.23. The number of carbonyl (C=O) groups excluding carboxylic acids is 1. The fourth-order valence-corrected chi connectivity index (χ4v) is 1.81. The summed E-state index contributed by atoms with van der Waals surface area (Å²) in [6.07, 6.45) is 0.453. The van der Waals surface area contributed by atoms with Crippen LogP contribution in [-0.4, -0.2) is 34.8 Å². The fraction of sp³-hybridized carbons (Fsp3) is 0.455. The predicted molar refractivity (Wildman–Crippen MR) is 59.3 cm³/mol. The summed E-state index contributed by atoms with van der Waals surface area (Å²) in [5.41, 5.74) is 0.303. The number of rotatable bonds is 4. The van der Waals surface area contributed by atoms with Crippen LogP contribution in [0.2, 0.25) is 5.15 Å². The molecule has 92 valence electrons. The first kappa shape index (κ1) is 12.2. The molecule has 1 saturated carbocycles. The summed E-state index contributed by atoms with van der Waals surface area (Å²) >= 11 is 5.66. The van der Waals surface area contributed by atoms with Gasteiger partial charge in [0.25, 0.3) is 12.3 Å². The topological polar surface area (TPSA) is 33.2 Å². The molecular formula is C11H11ClF2N2O. The Bertz CT molecular complexity index is 424. The van der Waals surface area contributed by atoms with Crippen molar-refractivity contribution in [2.45, 2.75) is 25.3 Å². The Morgan fingerprint density at radius 2 is 2.29 bits per heavy atom. The molecule has 0 aliphatic heterocycles. The number of pyridine rings is 1. The van der Waals surface area contributed by atoms with E-state index in [-0.39, 0.29) is 11.2 Å². The molecule has 0 N–H and O–H groups in total. The quantitative estimate of drug-likeness (QED) is 0.780. The van der Waals surface area contributed by atoms with Gasteiger partial charge in [-0.1, -0.05) is 11.6 Å². The summed E-state index contributed by atoms with van der Waals surface area (Å²) < 4.78 is 24.8. The minimum atomic E-state index is -2.52. The van der Waals surface area contributed by atoms with Crippen molar-refractivity contribution in [3.63, 3.8) is 0 Å². The standard InChI is InChI=1S/C11H11ClF2N2O/c12-9-5-7(3-4-15-9)11(17)16(6-10(13)14)8-1-2-8/h3-5,8,10H,1-2,6H2. The van der Waals surface area contributed by atoms with Crippen LogP contribution in [0.1, 0.15) is 23.2 Å². The largest absolute Gasteiger partial charge is 0.330 e. The number of alkyl halides is 2. The number of aromatic nitrogens is 1. The van der Waals surface area contributed by atoms with Crippen molar-refractivity contribution in [1.82, 2.24) is 9.88 Å². The lowest BCUT2D eigenvalue weighted by atomic mass is 10.2. The van der Waals surface area contributed by atoms with E-state index < -0.39 is 18.9 Å². The molecule has 0 spiro atoms. The Labute approximate surface area is 102 Å². The van der Waals surface area contributed by atoms with Gasteiger partial charge in [0.2, 0.25) is 0 Å². The Morgan fingerprint density at radius 1 is 1.59 bits per heavy atom. The average molecular weight is 261 g/mol. The van der Waals surface area contributed by atoms with Gasteiger partial charge in [-0.05, 0) is 25.0 Å². The Kier molecular flexibility index (Phi) is 3.57. The third-order valence-electron chi connectivity index (χ3n) is 2.56. The van der Waals surface area contributed by atoms with E-state index in [0.29, 0.717) is 5.56 Å². The molecule has 3 nitrogen and oxygen atoms in total. The molecule has 2 rings (SSSR count). The highest BCUT2D eigenvalue weighted by atomic mass is 35.5. The normalized spacial score (nSPS) is 15.1. The maximum Gasteiger partial charge on any atom is 0.255 e. The molecule has 0 atom stereocenters. The van der Waals surface area contributed by atoms with Crippen molar-refractivity contribution in [2.75, 3.05) is 6.54 Å². The SMILES string of the molecule is O=C(c1ccnc(Cl)c1)N(CC(F)F)C1CC1. The van der Waals surface area contributed by atoms with Crippen LogP contribution in [0.3, 0.4) is 0 Å². The molecule has 0 unspecified atom stereocenters. The van der Waals surface area contributed by atoms with Gasteiger partial charge < -0.3 is 4.90 Å². The molecule has 1 aliphatic carbocycles. The van der Waals surface area contributed by atoms with Gasteiger partial charge >= 0.3 is 0 Å². The summed E-state index contributed by atoms with van der Waals surface area (Å²) in [5.74, 6) is -0.405. The third kappa shape index (κ3) is 3.12. The molecule has 1 amide bonds. The highest BCUT2D eigenvalue weighted by Gasteiger charge is 2.34. The van der Waals surface area contributed by atoms with E-state index in [1.807, 2.05) is 0 Å². The van der Waals surface area contributed by atoms with Crippen molar-refractivity contribution in [3.05, 3.63) is 29.0 Å². The van der Waals surface area contributed by atoms with Crippen LogP contribution < -0.4 is 0 Å². The van der Waals surface area contributed by atoms with Gasteiger partial charge in [-0.15, -0.1) is 0 Å². The molecule has 0 aromatic carbocycles. The van der Waals surface area contributed by atoms with E-state index in [9.17, 15) is 13.6 Å². The van der Waals surface area contributed by atoms with Crippen LogP contribution >= 0.6 is 11.6 Å². The summed E-state index contributed by atoms with van der Waals surface area (Å²) in [6, 6.07) is 2.82. The van der Waals surface area contributed by atoms with Crippen molar-refractivity contribution in [2.24, 2.45) is 0 Å². The lowest BCUT2D eigenvalue weighted by Gasteiger charge is -2.21. The predicted octanol–water partition coefficient (Wildman–Crippen LogP) is 2.60. The molecule has 1 aromatic heterocycles. The summed E-state index contributed by atoms with van der Waals surface area (Å²) in [6.45, 7) is -0.524. The van der Waals surface area contributed by atoms with E-state index >= 15 is 0 Å². The Morgan fingerprint density at radius 3 is 2.82 bits per heavy atom. The number of carbonyl (C=O) groups is 1. The van der Waals surface area contributed by atoms with Gasteiger partial charge in [-0.25, -0.2) is 13.8 Å². The Balaban J connectivity index is 2.15. The van der Waals surface area contributed by atoms with E-state index in [1.54, 1.807) is 0 Å². The van der Waals surface area contributed by atoms with Crippen molar-refractivity contribution in [3.8, 4) is 0 Å². The first-order valence-corrected chi connectivity index (χ1v) is 5.66. The zero-order chi connectivity index (χ0) is 12.4. The second kappa shape index (κ2) is 4.96. The maximum absolute atomic E-state index is 12.4. The van der Waals surface area contributed by atoms with Crippen LogP contribution in [0.4, 0.5) is 8.78 Å². The molecule has 1 fully saturated rings. The zero-order valence-electron chi connectivity index (χ0n) is 8.94. The van der Waals surface area contributed by atoms with Gasteiger partial charge in [-0.2, -0.15) is 0 Å². The highest BCUT2D eigenvalue weighted by molar-refractivity contribution is 6.29. The lowest BCUT2D eigenvalue weighted by molar-refractivity contribution is 0.0534. The summed E-state index contributed by atoms with van der Waals surface area (Å²) in [5, 5.41) is 0.184. The van der Waals surface area contributed by atoms with Gasteiger partial charge in [-0.3, -0.25) is 4.79 Å². The average Bonchev–Trinajstić information content (AvgIpc) is 3.08. The van der Waals surface area contributed by atoms with E-state index in [0.717, 1.165) is 12.8 Å². The third-order valence-corrected chi connectivity index (χ3v) is 2.76. The van der Waals surface area contributed by atoms with Crippen LogP contribution in [0.15, 0.2) is 18.3 Å². The van der Waals surface area contributed by atoms with E-state index in [2.05, 4.69) is 4.98 Å². The van der Waals surface area contributed by atoms with Gasteiger partial charge in [0.1, 0.15) is 5.15 Å². The number of nitrogens with zero attached hydrogens (tertiary/aromatic N) is 2. The molecule has 6 heteroatoms. The monoisotopic (exact) mass is 260 g/mol. The molecule has 0 radical (unpaired) electrons. The molecule has 1 aliphatic rings. The smallest absolute Gasteiger partial charge is 0.255 e. The molecule has 1 aromatic rings. The molecule has 0 bridgehead atoms. The van der Waals surface area contributed by atoms with Crippen LogP contribution in [0.25, 0.3) is 0 Å². The minimum Gasteiger partial charge on any atom is -0.330 e. The van der Waals surface area contributed by atoms with Gasteiger partial charge in [0.15, 0.2) is 0 Å². The number of amides is 1. The number of hydrogen-bond acceptors (Lipinski definition) is 2. The summed E-state index contributed by atoms with van der Waals surface area (Å²) in [7, 11) is 0. The van der Waals surface area contributed by atoms with Gasteiger partial charge in [0, 0.05) is 17.8 Å². The van der Waals surface area contributed by atoms with Crippen molar-refractivity contribution >= 4 is 17.5 Å². The fourth-order valence-electron chi connectivity index (χ4n) is 1.63. The maximum atomic E-state index is 12.4. The van der Waals surface area contributed by atoms with Crippen LogP contribution in [0.5, 0.6) is 0 Å². The lowest BCUT2D eigenvalue weighted by Crippen LogP contribution is -2.36.